The van der Waals surface area contributed by atoms with Gasteiger partial charge in [-0.3, -0.25) is 14.4 Å². The predicted molar refractivity (Wildman–Crippen MR) is 109 cm³/mol. The topological polar surface area (TPSA) is 101 Å². The van der Waals surface area contributed by atoms with E-state index >= 15 is 4.39 Å². The number of alkyl halides is 1. The Morgan fingerprint density at radius 3 is 2.61 bits per heavy atom. The first-order chi connectivity index (χ1) is 14.3. The molecule has 7 heteroatoms. The van der Waals surface area contributed by atoms with E-state index < -0.39 is 58.4 Å². The van der Waals surface area contributed by atoms with Crippen LogP contribution < -0.4 is 0 Å². The van der Waals surface area contributed by atoms with Gasteiger partial charge in [-0.15, -0.1) is 0 Å². The highest BCUT2D eigenvalue weighted by Gasteiger charge is 2.75. The minimum absolute atomic E-state index is 0.0953. The number of hydrogen-bond donors (Lipinski definition) is 2. The number of esters is 1. The van der Waals surface area contributed by atoms with Gasteiger partial charge in [-0.1, -0.05) is 25.5 Å². The lowest BCUT2D eigenvalue weighted by Crippen LogP contribution is -2.69. The Balaban J connectivity index is 1.76. The van der Waals surface area contributed by atoms with Crippen LogP contribution >= 0.6 is 0 Å². The molecule has 0 heterocycles. The van der Waals surface area contributed by atoms with Crippen molar-refractivity contribution in [2.45, 2.75) is 70.8 Å². The second kappa shape index (κ2) is 6.82. The van der Waals surface area contributed by atoms with Crippen LogP contribution in [-0.2, 0) is 19.1 Å². The molecule has 0 radical (unpaired) electrons. The van der Waals surface area contributed by atoms with Gasteiger partial charge in [-0.25, -0.2) is 4.39 Å². The van der Waals surface area contributed by atoms with Gasteiger partial charge in [-0.05, 0) is 56.6 Å². The monoisotopic (exact) mass is 434 g/mol. The van der Waals surface area contributed by atoms with E-state index in [0.717, 1.165) is 0 Å². The number of carbonyl (C=O) groups is 3. The number of aliphatic hydroxyl groups excluding tert-OH is 1. The first-order valence-corrected chi connectivity index (χ1v) is 11.0. The van der Waals surface area contributed by atoms with Crippen molar-refractivity contribution < 1.29 is 33.7 Å². The fraction of sp³-hybridized carbons (Fsp3) is 0.708. The van der Waals surface area contributed by atoms with Crippen LogP contribution in [0.2, 0.25) is 0 Å². The highest BCUT2D eigenvalue weighted by atomic mass is 19.1. The van der Waals surface area contributed by atoms with Crippen molar-refractivity contribution in [2.75, 3.05) is 6.61 Å². The average molecular weight is 435 g/mol. The summed E-state index contributed by atoms with van der Waals surface area (Å²) in [5, 5.41) is 22.9. The Hall–Kier alpha value is -1.86. The van der Waals surface area contributed by atoms with Crippen LogP contribution in [-0.4, -0.2) is 51.7 Å². The van der Waals surface area contributed by atoms with Gasteiger partial charge in [0.25, 0.3) is 0 Å². The minimum atomic E-state index is -2.01. The molecular weight excluding hydrogens is 403 g/mol. The number of carbonyl (C=O) groups excluding carboxylic acids is 3. The van der Waals surface area contributed by atoms with Crippen molar-refractivity contribution in [3.8, 4) is 0 Å². The first kappa shape index (κ1) is 22.3. The molecule has 0 unspecified atom stereocenters. The molecule has 6 nitrogen and oxygen atoms in total. The lowest BCUT2D eigenvalue weighted by Gasteiger charge is -2.62. The second-order valence-electron chi connectivity index (χ2n) is 10.4. The fourth-order valence-electron chi connectivity index (χ4n) is 7.42. The molecule has 0 amide bonds. The Labute approximate surface area is 181 Å². The number of aliphatic hydroxyl groups is 2. The van der Waals surface area contributed by atoms with E-state index in [1.54, 1.807) is 26.8 Å². The predicted octanol–water partition coefficient (Wildman–Crippen LogP) is 2.47. The Morgan fingerprint density at radius 1 is 1.29 bits per heavy atom. The van der Waals surface area contributed by atoms with Crippen LogP contribution in [0.15, 0.2) is 23.8 Å². The maximum absolute atomic E-state index is 17.0. The molecule has 0 bridgehead atoms. The molecule has 3 fully saturated rings. The van der Waals surface area contributed by atoms with Crippen molar-refractivity contribution in [3.63, 3.8) is 0 Å². The van der Waals surface area contributed by atoms with Gasteiger partial charge in [-0.2, -0.15) is 0 Å². The zero-order chi connectivity index (χ0) is 23.0. The molecule has 0 saturated heterocycles. The highest BCUT2D eigenvalue weighted by Crippen LogP contribution is 2.70. The van der Waals surface area contributed by atoms with Crippen LogP contribution in [0, 0.1) is 28.6 Å². The number of ether oxygens (including phenoxy) is 1. The van der Waals surface area contributed by atoms with Gasteiger partial charge in [0.1, 0.15) is 5.60 Å². The summed E-state index contributed by atoms with van der Waals surface area (Å²) in [5.74, 6) is -2.80. The number of hydrogen-bond acceptors (Lipinski definition) is 6. The smallest absolute Gasteiger partial charge is 0.303 e. The van der Waals surface area contributed by atoms with Gasteiger partial charge in [0.15, 0.2) is 18.1 Å². The summed E-state index contributed by atoms with van der Waals surface area (Å²) < 4.78 is 21.9. The molecule has 8 atom stereocenters. The SMILES string of the molecule is CC(=O)OCC(=O)[C@]1(O)[C@@H](C)C[C@@H]2[C@H]3CCC4=CC(=O)C=C[C@]4(C)[C@]3(F)[C@@H](O)C[C@]21C. The first-order valence-electron chi connectivity index (χ1n) is 11.0. The summed E-state index contributed by atoms with van der Waals surface area (Å²) in [6.07, 6.45) is 4.29. The van der Waals surface area contributed by atoms with Gasteiger partial charge >= 0.3 is 5.97 Å². The number of ketones is 2. The number of rotatable bonds is 3. The third-order valence-corrected chi connectivity index (χ3v) is 9.05. The van der Waals surface area contributed by atoms with Crippen LogP contribution in [0.1, 0.15) is 53.4 Å². The Kier molecular flexibility index (Phi) is 4.91. The normalized spacial score (nSPS) is 48.4. The summed E-state index contributed by atoms with van der Waals surface area (Å²) in [7, 11) is 0. The van der Waals surface area contributed by atoms with Crippen LogP contribution in [0.4, 0.5) is 4.39 Å². The molecule has 3 saturated carbocycles. The average Bonchev–Trinajstić information content (AvgIpc) is 2.89. The molecule has 0 aromatic heterocycles. The maximum atomic E-state index is 17.0. The van der Waals surface area contributed by atoms with E-state index in [0.29, 0.717) is 24.8 Å². The van der Waals surface area contributed by atoms with E-state index in [-0.39, 0.29) is 18.1 Å². The van der Waals surface area contributed by atoms with Crippen molar-refractivity contribution in [1.29, 1.82) is 0 Å². The molecule has 4 aliphatic rings. The number of allylic oxidation sites excluding steroid dienone is 4. The van der Waals surface area contributed by atoms with Gasteiger partial charge < -0.3 is 14.9 Å². The van der Waals surface area contributed by atoms with E-state index in [9.17, 15) is 24.6 Å². The number of Topliss-reactive ketones (excluding diaryl/α,β-unsaturated/α-hetero) is 1. The van der Waals surface area contributed by atoms with Crippen LogP contribution in [0.3, 0.4) is 0 Å². The maximum Gasteiger partial charge on any atom is 0.303 e. The molecule has 0 aromatic rings. The molecule has 170 valence electrons. The lowest BCUT2D eigenvalue weighted by atomic mass is 9.44. The highest BCUT2D eigenvalue weighted by molar-refractivity contribution is 6.01. The third-order valence-electron chi connectivity index (χ3n) is 9.05. The summed E-state index contributed by atoms with van der Waals surface area (Å²) in [4.78, 5) is 36.2. The molecular formula is C24H31FO6. The fourth-order valence-corrected chi connectivity index (χ4v) is 7.42. The molecule has 4 rings (SSSR count). The van der Waals surface area contributed by atoms with E-state index in [4.69, 9.17) is 4.74 Å². The van der Waals surface area contributed by atoms with Gasteiger partial charge in [0, 0.05) is 23.7 Å². The van der Waals surface area contributed by atoms with Crippen molar-refractivity contribution in [1.82, 2.24) is 0 Å². The molecule has 0 spiro atoms. The Bertz CT molecular complexity index is 910. The second-order valence-corrected chi connectivity index (χ2v) is 10.4. The van der Waals surface area contributed by atoms with Crippen molar-refractivity contribution in [3.05, 3.63) is 23.8 Å². The zero-order valence-electron chi connectivity index (χ0n) is 18.5. The van der Waals surface area contributed by atoms with E-state index in [1.807, 2.05) is 0 Å². The Morgan fingerprint density at radius 2 is 1.97 bits per heavy atom. The van der Waals surface area contributed by atoms with Crippen LogP contribution in [0.5, 0.6) is 0 Å². The van der Waals surface area contributed by atoms with Crippen LogP contribution in [0.25, 0.3) is 0 Å². The quantitative estimate of drug-likeness (QED) is 0.662. The van der Waals surface area contributed by atoms with E-state index in [1.165, 1.54) is 19.1 Å². The lowest BCUT2D eigenvalue weighted by molar-refractivity contribution is -0.219. The van der Waals surface area contributed by atoms with E-state index in [2.05, 4.69) is 0 Å². The van der Waals surface area contributed by atoms with Gasteiger partial charge in [0.2, 0.25) is 5.78 Å². The third kappa shape index (κ3) is 2.65. The van der Waals surface area contributed by atoms with Crippen molar-refractivity contribution in [2.24, 2.45) is 28.6 Å². The minimum Gasteiger partial charge on any atom is -0.458 e. The molecule has 31 heavy (non-hydrogen) atoms. The summed E-state index contributed by atoms with van der Waals surface area (Å²) in [6.45, 7) is 5.89. The molecule has 0 aromatic carbocycles. The summed E-state index contributed by atoms with van der Waals surface area (Å²) in [5.41, 5.74) is -5.33. The van der Waals surface area contributed by atoms with Gasteiger partial charge in [0.05, 0.1) is 6.10 Å². The number of halogens is 1. The largest absolute Gasteiger partial charge is 0.458 e. The molecule has 2 N–H and O–H groups in total. The summed E-state index contributed by atoms with van der Waals surface area (Å²) in [6, 6.07) is 0. The molecule has 0 aliphatic heterocycles. The molecule has 4 aliphatic carbocycles. The number of fused-ring (bicyclic) bond motifs is 5. The summed E-state index contributed by atoms with van der Waals surface area (Å²) >= 11 is 0. The standard InChI is InChI=1S/C24H31FO6/c1-13-9-18-17-6-5-15-10-16(27)7-8-21(15,3)23(17,25)19(28)11-22(18,4)24(13,30)20(29)12-31-14(2)26/h7-8,10,13,17-19,28,30H,5-6,9,11-12H2,1-4H3/t13-,17+,18+,19-,21-,22+,23+,24+/m0/s1. The van der Waals surface area contributed by atoms with Crippen molar-refractivity contribution >= 4 is 17.5 Å². The zero-order valence-corrected chi connectivity index (χ0v) is 18.5.